The van der Waals surface area contributed by atoms with Gasteiger partial charge >= 0.3 is 0 Å². The van der Waals surface area contributed by atoms with Crippen molar-refractivity contribution in [1.82, 2.24) is 4.98 Å². The van der Waals surface area contributed by atoms with E-state index < -0.39 is 0 Å². The number of pyridine rings is 1. The average molecular weight is 351 g/mol. The number of nitrogens with zero attached hydrogens (tertiary/aromatic N) is 2. The topological polar surface area (TPSA) is 62.4 Å². The summed E-state index contributed by atoms with van der Waals surface area (Å²) >= 11 is 0. The predicted molar refractivity (Wildman–Crippen MR) is 104 cm³/mol. The quantitative estimate of drug-likeness (QED) is 0.735. The van der Waals surface area contributed by atoms with Crippen molar-refractivity contribution in [1.29, 1.82) is 0 Å². The Morgan fingerprint density at radius 1 is 1.27 bits per heavy atom. The molecule has 4 rings (SSSR count). The van der Waals surface area contributed by atoms with Gasteiger partial charge in [-0.3, -0.25) is 0 Å². The first-order valence-electron chi connectivity index (χ1n) is 8.90. The third-order valence-electron chi connectivity index (χ3n) is 5.08. The van der Waals surface area contributed by atoms with Gasteiger partial charge in [-0.2, -0.15) is 0 Å². The normalized spacial score (nSPS) is 17.7. The smallest absolute Gasteiger partial charge is 0.131 e. The van der Waals surface area contributed by atoms with E-state index in [1.165, 1.54) is 6.07 Å². The molecule has 2 heterocycles. The van der Waals surface area contributed by atoms with Crippen LogP contribution in [0, 0.1) is 12.7 Å². The molecule has 0 bridgehead atoms. The van der Waals surface area contributed by atoms with Gasteiger partial charge in [0.25, 0.3) is 0 Å². The Hall–Kier alpha value is -2.66. The van der Waals surface area contributed by atoms with E-state index in [1.807, 2.05) is 31.2 Å². The molecule has 3 N–H and O–H groups in total. The third kappa shape index (κ3) is 2.99. The average Bonchev–Trinajstić information content (AvgIpc) is 2.61. The number of aromatic nitrogens is 1. The first kappa shape index (κ1) is 16.8. The second-order valence-corrected chi connectivity index (χ2v) is 7.00. The van der Waals surface area contributed by atoms with Gasteiger partial charge in [-0.05, 0) is 55.2 Å². The van der Waals surface area contributed by atoms with Crippen LogP contribution in [0.1, 0.15) is 18.4 Å². The summed E-state index contributed by atoms with van der Waals surface area (Å²) in [6.07, 6.45) is 3.11. The molecule has 0 amide bonds. The van der Waals surface area contributed by atoms with E-state index in [0.717, 1.165) is 47.0 Å². The molecule has 0 radical (unpaired) electrons. The largest absolute Gasteiger partial charge is 0.391 e. The second kappa shape index (κ2) is 6.57. The molecule has 1 aliphatic heterocycles. The number of anilines is 2. The molecule has 0 aliphatic carbocycles. The maximum atomic E-state index is 14.5. The minimum atomic E-state index is -0.350. The lowest BCUT2D eigenvalue weighted by molar-refractivity contribution is 0.154. The van der Waals surface area contributed by atoms with E-state index in [-0.39, 0.29) is 11.9 Å². The number of piperidine rings is 1. The summed E-state index contributed by atoms with van der Waals surface area (Å²) in [5.41, 5.74) is 9.18. The Morgan fingerprint density at radius 3 is 2.88 bits per heavy atom. The summed E-state index contributed by atoms with van der Waals surface area (Å²) in [5.74, 6) is 0.212. The second-order valence-electron chi connectivity index (χ2n) is 7.00. The van der Waals surface area contributed by atoms with E-state index in [0.29, 0.717) is 17.9 Å². The Balaban J connectivity index is 1.95. The fraction of sp³-hybridized carbons (Fsp3) is 0.286. The van der Waals surface area contributed by atoms with Gasteiger partial charge in [0.15, 0.2) is 0 Å². The number of aliphatic hydroxyl groups is 1. The number of nitrogen functional groups attached to an aromatic ring is 1. The van der Waals surface area contributed by atoms with Crippen LogP contribution in [0.2, 0.25) is 0 Å². The lowest BCUT2D eigenvalue weighted by Gasteiger charge is -2.33. The zero-order valence-electron chi connectivity index (χ0n) is 14.7. The van der Waals surface area contributed by atoms with Crippen LogP contribution < -0.4 is 10.6 Å². The Bertz CT molecular complexity index is 953. The zero-order chi connectivity index (χ0) is 18.3. The molecule has 134 valence electrons. The molecule has 1 atom stereocenters. The summed E-state index contributed by atoms with van der Waals surface area (Å²) in [4.78, 5) is 6.37. The first-order chi connectivity index (χ1) is 12.5. The molecule has 1 saturated heterocycles. The maximum absolute atomic E-state index is 14.5. The molecule has 5 heteroatoms. The molecule has 1 aliphatic rings. The molecule has 2 aromatic carbocycles. The standard InChI is InChI=1S/C21H22FN3O/c1-13-4-2-6-18(22)21(13)14-8-15-11-24-20(23)10-17(15)19(9-14)25-7-3-5-16(26)12-25/h2,4,6,8-11,16,26H,3,5,7,12H2,1H3,(H2,23,24)/t16-/m1/s1. The van der Waals surface area contributed by atoms with Crippen molar-refractivity contribution in [3.63, 3.8) is 0 Å². The molecule has 0 saturated carbocycles. The SMILES string of the molecule is Cc1cccc(F)c1-c1cc(N2CCC[C@@H](O)C2)c2cc(N)ncc2c1. The highest BCUT2D eigenvalue weighted by Gasteiger charge is 2.21. The van der Waals surface area contributed by atoms with E-state index in [1.54, 1.807) is 12.3 Å². The van der Waals surface area contributed by atoms with Gasteiger partial charge in [-0.15, -0.1) is 0 Å². The Morgan fingerprint density at radius 2 is 2.12 bits per heavy atom. The zero-order valence-corrected chi connectivity index (χ0v) is 14.7. The van der Waals surface area contributed by atoms with Gasteiger partial charge in [0.1, 0.15) is 11.6 Å². The van der Waals surface area contributed by atoms with Gasteiger partial charge in [-0.1, -0.05) is 12.1 Å². The molecule has 1 aromatic heterocycles. The van der Waals surface area contributed by atoms with Crippen LogP contribution >= 0.6 is 0 Å². The van der Waals surface area contributed by atoms with Crippen LogP contribution in [-0.2, 0) is 0 Å². The van der Waals surface area contributed by atoms with Crippen LogP contribution in [-0.4, -0.2) is 29.3 Å². The number of rotatable bonds is 2. The van der Waals surface area contributed by atoms with Crippen LogP contribution in [0.5, 0.6) is 0 Å². The summed E-state index contributed by atoms with van der Waals surface area (Å²) < 4.78 is 14.5. The first-order valence-corrected chi connectivity index (χ1v) is 8.90. The highest BCUT2D eigenvalue weighted by molar-refractivity contribution is 5.99. The molecule has 1 fully saturated rings. The van der Waals surface area contributed by atoms with Crippen LogP contribution in [0.25, 0.3) is 21.9 Å². The van der Waals surface area contributed by atoms with E-state index in [4.69, 9.17) is 5.73 Å². The highest BCUT2D eigenvalue weighted by atomic mass is 19.1. The highest BCUT2D eigenvalue weighted by Crippen LogP contribution is 2.37. The van der Waals surface area contributed by atoms with Gasteiger partial charge in [0, 0.05) is 41.3 Å². The molecule has 4 nitrogen and oxygen atoms in total. The number of fused-ring (bicyclic) bond motifs is 1. The minimum Gasteiger partial charge on any atom is -0.391 e. The van der Waals surface area contributed by atoms with Crippen molar-refractivity contribution in [2.75, 3.05) is 23.7 Å². The van der Waals surface area contributed by atoms with Crippen molar-refractivity contribution in [3.05, 3.63) is 54.0 Å². The fourth-order valence-electron chi connectivity index (χ4n) is 3.83. The van der Waals surface area contributed by atoms with Gasteiger partial charge in [0.2, 0.25) is 0 Å². The number of hydrogen-bond acceptors (Lipinski definition) is 4. The number of halogens is 1. The van der Waals surface area contributed by atoms with Crippen molar-refractivity contribution in [3.8, 4) is 11.1 Å². The lowest BCUT2D eigenvalue weighted by Crippen LogP contribution is -2.38. The van der Waals surface area contributed by atoms with E-state index in [2.05, 4.69) is 9.88 Å². The van der Waals surface area contributed by atoms with E-state index in [9.17, 15) is 9.50 Å². The fourth-order valence-corrected chi connectivity index (χ4v) is 3.83. The number of nitrogens with two attached hydrogens (primary N) is 1. The molecule has 26 heavy (non-hydrogen) atoms. The number of hydrogen-bond donors (Lipinski definition) is 2. The minimum absolute atomic E-state index is 0.239. The monoisotopic (exact) mass is 351 g/mol. The third-order valence-corrected chi connectivity index (χ3v) is 5.08. The maximum Gasteiger partial charge on any atom is 0.131 e. The van der Waals surface area contributed by atoms with Crippen LogP contribution in [0.4, 0.5) is 15.9 Å². The molecular weight excluding hydrogens is 329 g/mol. The lowest BCUT2D eigenvalue weighted by atomic mass is 9.95. The number of benzene rings is 2. The molecular formula is C21H22FN3O. The number of aliphatic hydroxyl groups excluding tert-OH is 1. The molecule has 3 aromatic rings. The summed E-state index contributed by atoms with van der Waals surface area (Å²) in [7, 11) is 0. The van der Waals surface area contributed by atoms with Crippen LogP contribution in [0.15, 0.2) is 42.6 Å². The molecule has 0 unspecified atom stereocenters. The number of aryl methyl sites for hydroxylation is 1. The summed E-state index contributed by atoms with van der Waals surface area (Å²) in [5, 5.41) is 12.0. The predicted octanol–water partition coefficient (Wildman–Crippen LogP) is 3.89. The Kier molecular flexibility index (Phi) is 4.24. The van der Waals surface area contributed by atoms with Gasteiger partial charge < -0.3 is 15.7 Å². The summed E-state index contributed by atoms with van der Waals surface area (Å²) in [6.45, 7) is 3.33. The molecule has 0 spiro atoms. The summed E-state index contributed by atoms with van der Waals surface area (Å²) in [6, 6.07) is 10.9. The Labute approximate surface area is 152 Å². The number of β-amino-alcohol motifs (C(OH)–C–C–N with tert-alkyl or cyclic N) is 1. The van der Waals surface area contributed by atoms with Gasteiger partial charge in [-0.25, -0.2) is 9.37 Å². The van der Waals surface area contributed by atoms with Gasteiger partial charge in [0.05, 0.1) is 6.10 Å². The van der Waals surface area contributed by atoms with Crippen molar-refractivity contribution >= 4 is 22.3 Å². The van der Waals surface area contributed by atoms with Crippen molar-refractivity contribution in [2.45, 2.75) is 25.9 Å². The van der Waals surface area contributed by atoms with Crippen molar-refractivity contribution in [2.24, 2.45) is 0 Å². The van der Waals surface area contributed by atoms with Crippen LogP contribution in [0.3, 0.4) is 0 Å². The van der Waals surface area contributed by atoms with Crippen molar-refractivity contribution < 1.29 is 9.50 Å². The van der Waals surface area contributed by atoms with E-state index >= 15 is 0 Å².